The molecule has 1 amide bonds. The van der Waals surface area contributed by atoms with Crippen LogP contribution < -0.4 is 10.1 Å². The van der Waals surface area contributed by atoms with E-state index >= 15 is 0 Å². The Morgan fingerprint density at radius 3 is 2.60 bits per heavy atom. The van der Waals surface area contributed by atoms with Crippen LogP contribution in [0.4, 0.5) is 10.1 Å². The molecular formula is C23H27FN4O2. The van der Waals surface area contributed by atoms with E-state index in [4.69, 9.17) is 4.74 Å². The summed E-state index contributed by atoms with van der Waals surface area (Å²) >= 11 is 0. The van der Waals surface area contributed by atoms with Gasteiger partial charge >= 0.3 is 0 Å². The summed E-state index contributed by atoms with van der Waals surface area (Å²) in [4.78, 5) is 15.1. The molecule has 6 nitrogen and oxygen atoms in total. The highest BCUT2D eigenvalue weighted by molar-refractivity contribution is 6.06. The number of rotatable bonds is 10. The van der Waals surface area contributed by atoms with E-state index in [1.54, 1.807) is 36.5 Å². The first kappa shape index (κ1) is 21.5. The first-order valence-electron chi connectivity index (χ1n) is 10.1. The summed E-state index contributed by atoms with van der Waals surface area (Å²) in [6.45, 7) is 8.17. The molecule has 0 aliphatic carbocycles. The lowest BCUT2D eigenvalue weighted by Gasteiger charge is -2.17. The monoisotopic (exact) mass is 410 g/mol. The smallest absolute Gasteiger partial charge is 0.259 e. The third kappa shape index (κ3) is 5.90. The second kappa shape index (κ2) is 10.5. The molecule has 0 bridgehead atoms. The van der Waals surface area contributed by atoms with E-state index in [1.165, 1.54) is 12.1 Å². The quantitative estimate of drug-likeness (QED) is 0.544. The van der Waals surface area contributed by atoms with Crippen molar-refractivity contribution in [2.75, 3.05) is 25.0 Å². The Balaban J connectivity index is 1.61. The van der Waals surface area contributed by atoms with Crippen molar-refractivity contribution in [3.8, 4) is 5.75 Å². The van der Waals surface area contributed by atoms with Gasteiger partial charge < -0.3 is 15.0 Å². The maximum absolute atomic E-state index is 13.0. The minimum Gasteiger partial charge on any atom is -0.488 e. The third-order valence-electron chi connectivity index (χ3n) is 4.87. The van der Waals surface area contributed by atoms with Crippen LogP contribution in [-0.4, -0.2) is 40.2 Å². The van der Waals surface area contributed by atoms with E-state index in [0.29, 0.717) is 17.0 Å². The number of hydrogen-bond donors (Lipinski definition) is 1. The molecule has 30 heavy (non-hydrogen) atoms. The van der Waals surface area contributed by atoms with Crippen LogP contribution in [0.25, 0.3) is 0 Å². The molecule has 0 saturated heterocycles. The van der Waals surface area contributed by atoms with Crippen molar-refractivity contribution in [1.29, 1.82) is 0 Å². The number of carbonyl (C=O) groups is 1. The van der Waals surface area contributed by atoms with Gasteiger partial charge in [-0.05, 0) is 42.9 Å². The third-order valence-corrected chi connectivity index (χ3v) is 4.87. The molecule has 0 spiro atoms. The highest BCUT2D eigenvalue weighted by Gasteiger charge is 2.13. The summed E-state index contributed by atoms with van der Waals surface area (Å²) in [7, 11) is 0. The zero-order chi connectivity index (χ0) is 21.3. The molecule has 0 fully saturated rings. The van der Waals surface area contributed by atoms with E-state index in [-0.39, 0.29) is 18.3 Å². The number of nitrogens with zero attached hydrogens (tertiary/aromatic N) is 3. The molecule has 1 N–H and O–H groups in total. The number of para-hydroxylation sites is 1. The lowest BCUT2D eigenvalue weighted by molar-refractivity contribution is 0.102. The maximum Gasteiger partial charge on any atom is 0.259 e. The molecule has 3 aromatic rings. The topological polar surface area (TPSA) is 59.4 Å². The fourth-order valence-corrected chi connectivity index (χ4v) is 3.05. The predicted octanol–water partition coefficient (Wildman–Crippen LogP) is 4.20. The van der Waals surface area contributed by atoms with E-state index in [9.17, 15) is 9.18 Å². The second-order valence-electron chi connectivity index (χ2n) is 6.88. The Morgan fingerprint density at radius 1 is 1.13 bits per heavy atom. The van der Waals surface area contributed by atoms with Gasteiger partial charge in [-0.15, -0.1) is 0 Å². The van der Waals surface area contributed by atoms with Crippen LogP contribution in [0.3, 0.4) is 0 Å². The number of hydrogen-bond acceptors (Lipinski definition) is 4. The van der Waals surface area contributed by atoms with Gasteiger partial charge in [-0.2, -0.15) is 5.10 Å². The van der Waals surface area contributed by atoms with Gasteiger partial charge in [0.1, 0.15) is 18.2 Å². The van der Waals surface area contributed by atoms with Gasteiger partial charge in [0.15, 0.2) is 0 Å². The summed E-state index contributed by atoms with van der Waals surface area (Å²) in [5, 5.41) is 7.20. The largest absolute Gasteiger partial charge is 0.488 e. The number of benzene rings is 2. The predicted molar refractivity (Wildman–Crippen MR) is 115 cm³/mol. The molecular weight excluding hydrogens is 383 g/mol. The van der Waals surface area contributed by atoms with Crippen LogP contribution in [-0.2, 0) is 13.2 Å². The van der Waals surface area contributed by atoms with Crippen molar-refractivity contribution in [2.24, 2.45) is 0 Å². The number of halogens is 1. The number of nitrogens with one attached hydrogen (secondary N) is 1. The molecule has 0 atom stereocenters. The van der Waals surface area contributed by atoms with Crippen molar-refractivity contribution in [3.05, 3.63) is 77.9 Å². The van der Waals surface area contributed by atoms with E-state index in [1.807, 2.05) is 16.9 Å². The number of likely N-dealkylation sites (N-methyl/N-ethyl adjacent to an activating group) is 1. The van der Waals surface area contributed by atoms with Crippen LogP contribution in [0.2, 0.25) is 0 Å². The first-order chi connectivity index (χ1) is 14.6. The Kier molecular flexibility index (Phi) is 7.57. The fraction of sp³-hybridized carbons (Fsp3) is 0.304. The molecule has 1 aromatic heterocycles. The van der Waals surface area contributed by atoms with Gasteiger partial charge in [0.2, 0.25) is 0 Å². The molecule has 0 aliphatic heterocycles. The molecule has 0 saturated carbocycles. The summed E-state index contributed by atoms with van der Waals surface area (Å²) in [6, 6.07) is 13.1. The molecule has 0 radical (unpaired) electrons. The van der Waals surface area contributed by atoms with Gasteiger partial charge in [0, 0.05) is 12.7 Å². The first-order valence-corrected chi connectivity index (χ1v) is 10.1. The molecule has 1 heterocycles. The van der Waals surface area contributed by atoms with Crippen molar-refractivity contribution in [2.45, 2.75) is 27.0 Å². The van der Waals surface area contributed by atoms with Crippen molar-refractivity contribution >= 4 is 11.6 Å². The van der Waals surface area contributed by atoms with Crippen molar-refractivity contribution in [3.63, 3.8) is 0 Å². The number of anilines is 1. The fourth-order valence-electron chi connectivity index (χ4n) is 3.05. The van der Waals surface area contributed by atoms with E-state index in [0.717, 1.165) is 31.7 Å². The molecule has 3 rings (SSSR count). The summed E-state index contributed by atoms with van der Waals surface area (Å²) in [6.07, 6.45) is 3.46. The minimum absolute atomic E-state index is 0.244. The normalized spacial score (nSPS) is 10.9. The number of aromatic nitrogens is 2. The van der Waals surface area contributed by atoms with Crippen LogP contribution >= 0.6 is 0 Å². The van der Waals surface area contributed by atoms with E-state index in [2.05, 4.69) is 29.2 Å². The Hall–Kier alpha value is -3.19. The number of amides is 1. The Bertz CT molecular complexity index is 952. The molecule has 7 heteroatoms. The molecule has 0 unspecified atom stereocenters. The van der Waals surface area contributed by atoms with Crippen LogP contribution in [0.5, 0.6) is 5.75 Å². The van der Waals surface area contributed by atoms with Gasteiger partial charge in [-0.1, -0.05) is 38.1 Å². The van der Waals surface area contributed by atoms with Gasteiger partial charge in [-0.3, -0.25) is 9.48 Å². The number of carbonyl (C=O) groups excluding carboxylic acids is 1. The zero-order valence-electron chi connectivity index (χ0n) is 17.3. The number of ether oxygens (including phenoxy) is 1. The molecule has 0 aliphatic rings. The second-order valence-corrected chi connectivity index (χ2v) is 6.88. The van der Waals surface area contributed by atoms with E-state index < -0.39 is 0 Å². The van der Waals surface area contributed by atoms with Crippen molar-refractivity contribution < 1.29 is 13.9 Å². The molecule has 2 aromatic carbocycles. The maximum atomic E-state index is 13.0. The van der Waals surface area contributed by atoms with Crippen LogP contribution in [0, 0.1) is 5.82 Å². The van der Waals surface area contributed by atoms with Gasteiger partial charge in [0.05, 0.1) is 24.0 Å². The standard InChI is InChI=1S/C23H27FN4O2/c1-3-27(4-2)13-14-28-16-20(15-25-28)26-23(29)21-7-5-6-8-22(21)30-17-18-9-11-19(24)12-10-18/h5-12,15-16H,3-4,13-14,17H2,1-2H3,(H,26,29). The average Bonchev–Trinajstić information content (AvgIpc) is 3.21. The van der Waals surface area contributed by atoms with Crippen LogP contribution in [0.1, 0.15) is 29.8 Å². The minimum atomic E-state index is -0.295. The molecule has 158 valence electrons. The Morgan fingerprint density at radius 2 is 1.87 bits per heavy atom. The van der Waals surface area contributed by atoms with Gasteiger partial charge in [-0.25, -0.2) is 4.39 Å². The summed E-state index contributed by atoms with van der Waals surface area (Å²) in [5.41, 5.74) is 1.88. The summed E-state index contributed by atoms with van der Waals surface area (Å²) < 4.78 is 20.7. The summed E-state index contributed by atoms with van der Waals surface area (Å²) in [5.74, 6) is -0.0996. The lowest BCUT2D eigenvalue weighted by Crippen LogP contribution is -2.27. The van der Waals surface area contributed by atoms with Crippen molar-refractivity contribution in [1.82, 2.24) is 14.7 Å². The lowest BCUT2D eigenvalue weighted by atomic mass is 10.2. The highest BCUT2D eigenvalue weighted by Crippen LogP contribution is 2.21. The zero-order valence-corrected chi connectivity index (χ0v) is 17.3. The van der Waals surface area contributed by atoms with Crippen LogP contribution in [0.15, 0.2) is 60.9 Å². The average molecular weight is 410 g/mol. The SMILES string of the molecule is CCN(CC)CCn1cc(NC(=O)c2ccccc2OCc2ccc(F)cc2)cn1. The Labute approximate surface area is 176 Å². The highest BCUT2D eigenvalue weighted by atomic mass is 19.1. The van der Waals surface area contributed by atoms with Gasteiger partial charge in [0.25, 0.3) is 5.91 Å².